The third-order valence-electron chi connectivity index (χ3n) is 15.2. The first-order valence-corrected chi connectivity index (χ1v) is 31.8. The van der Waals surface area contributed by atoms with Crippen LogP contribution in [0.2, 0.25) is 0 Å². The van der Waals surface area contributed by atoms with Gasteiger partial charge in [-0.1, -0.05) is 94.4 Å². The molecule has 1 rings (SSSR count). The lowest BCUT2D eigenvalue weighted by molar-refractivity contribution is -0.140. The number of unbranched alkanes of at least 4 members (excludes halogenated alkanes) is 3. The molecule has 1 heterocycles. The molecule has 24 heteroatoms. The van der Waals surface area contributed by atoms with Crippen molar-refractivity contribution in [1.29, 1.82) is 0 Å². The van der Waals surface area contributed by atoms with Crippen molar-refractivity contribution in [2.24, 2.45) is 23.7 Å². The number of amides is 10. The van der Waals surface area contributed by atoms with Gasteiger partial charge in [0.15, 0.2) is 0 Å². The number of carbonyl (C=O) groups excluding carboxylic acids is 11. The molecule has 10 amide bonds. The molecule has 1 aliphatic heterocycles. The van der Waals surface area contributed by atoms with E-state index in [1.165, 1.54) is 39.5 Å². The Morgan fingerprint density at radius 3 is 1.67 bits per heavy atom. The fourth-order valence-electron chi connectivity index (χ4n) is 10.2. The zero-order valence-electron chi connectivity index (χ0n) is 54.8. The Kier molecular flexibility index (Phi) is 36.3. The molecule has 24 nitrogen and oxygen atoms in total. The predicted molar refractivity (Wildman–Crippen MR) is 330 cm³/mol. The van der Waals surface area contributed by atoms with Crippen molar-refractivity contribution < 1.29 is 63.0 Å². The topological polar surface area (TPSA) is 352 Å². The van der Waals surface area contributed by atoms with Crippen molar-refractivity contribution in [3.05, 3.63) is 0 Å². The van der Waals surface area contributed by atoms with E-state index in [-0.39, 0.29) is 118 Å². The molecule has 1 fully saturated rings. The van der Waals surface area contributed by atoms with Gasteiger partial charge in [0.05, 0.1) is 12.7 Å². The highest BCUT2D eigenvalue weighted by Crippen LogP contribution is 2.22. The summed E-state index contributed by atoms with van der Waals surface area (Å²) in [6.07, 6.45) is 6.40. The first kappa shape index (κ1) is 78.3. The average Bonchev–Trinajstić information content (AvgIpc) is 4.02. The number of carbonyl (C=O) groups is 11. The molecule has 0 bridgehead atoms. The van der Waals surface area contributed by atoms with E-state index in [0.717, 1.165) is 32.1 Å². The van der Waals surface area contributed by atoms with Crippen molar-refractivity contribution in [3.8, 4) is 0 Å². The van der Waals surface area contributed by atoms with Gasteiger partial charge in [-0.15, -0.1) is 0 Å². The van der Waals surface area contributed by atoms with Crippen molar-refractivity contribution >= 4 is 64.9 Å². The summed E-state index contributed by atoms with van der Waals surface area (Å²) < 4.78 is 0. The molecule has 0 aromatic carbocycles. The number of hydrogen-bond acceptors (Lipinski definition) is 14. The molecule has 86 heavy (non-hydrogen) atoms. The second-order valence-electron chi connectivity index (χ2n) is 25.8. The molecule has 0 aromatic heterocycles. The minimum absolute atomic E-state index is 0.00177. The fraction of sp³-hybridized carbons (Fsp3) is 0.823. The maximum Gasteiger partial charge on any atom is 0.245 e. The molecule has 1 aliphatic rings. The van der Waals surface area contributed by atoms with Gasteiger partial charge in [-0.05, 0) is 117 Å². The summed E-state index contributed by atoms with van der Waals surface area (Å²) >= 11 is 0. The lowest BCUT2D eigenvalue weighted by Gasteiger charge is -2.32. The van der Waals surface area contributed by atoms with Crippen LogP contribution in [0.5, 0.6) is 0 Å². The van der Waals surface area contributed by atoms with Crippen LogP contribution < -0.4 is 53.2 Å². The number of nitrogens with zero attached hydrogens (tertiary/aromatic N) is 1. The third kappa shape index (κ3) is 30.2. The van der Waals surface area contributed by atoms with Crippen LogP contribution in [0.4, 0.5) is 0 Å². The maximum absolute atomic E-state index is 14.5. The van der Waals surface area contributed by atoms with Gasteiger partial charge in [0.1, 0.15) is 53.1 Å². The number of ketones is 1. The zero-order valence-corrected chi connectivity index (χ0v) is 54.8. The number of aliphatic hydroxyl groups is 2. The molecule has 4 unspecified atom stereocenters. The van der Waals surface area contributed by atoms with E-state index >= 15 is 0 Å². The van der Waals surface area contributed by atoms with E-state index in [0.29, 0.717) is 38.9 Å². The number of hydrogen-bond donors (Lipinski definition) is 12. The largest absolute Gasteiger partial charge is 0.395 e. The lowest BCUT2D eigenvalue weighted by atomic mass is 9.92. The van der Waals surface area contributed by atoms with E-state index in [1.807, 2.05) is 41.5 Å². The molecule has 0 aliphatic carbocycles. The summed E-state index contributed by atoms with van der Waals surface area (Å²) in [5.74, 6) is -6.55. The summed E-state index contributed by atoms with van der Waals surface area (Å²) in [7, 11) is 0. The smallest absolute Gasteiger partial charge is 0.245 e. The Balaban J connectivity index is 3.37. The van der Waals surface area contributed by atoms with Crippen LogP contribution in [0.25, 0.3) is 0 Å². The number of rotatable bonds is 43. The molecule has 10 atom stereocenters. The van der Waals surface area contributed by atoms with Crippen LogP contribution in [0.1, 0.15) is 213 Å². The standard InChI is InChI=1S/C62H113N11O13/c1-16-19-20-21-24-40(8)34-49(56(82)67-47(32-39(6)7)57(83)72-62(14,15)60(86)69-46(31-38(4)5)54(80)64-27-26-51(77)65-42(10)37-63-28-30-74)70-59(85)61(12,13)71-53(79)43(11)66-55(81)48(35-41(9)33-45(76)36-44(75)18-3)68-58(84)50-25-22-29-73(50)52(78)23-17-2/h38-43,45-50,63,74,76H,16-37H2,1-15H3,(H,64,80)(H,65,77)(H,66,81)(H,67,82)(H,68,84)(H,69,86)(H,70,85)(H,71,79)(H,72,83)/t40?,41?,42?,43-,45?,46-,47-,48-,49-,50-/m0/s1. The van der Waals surface area contributed by atoms with E-state index in [4.69, 9.17) is 5.11 Å². The maximum atomic E-state index is 14.5. The normalized spacial score (nSPS) is 16.7. The molecular weight excluding hydrogens is 1110 g/mol. The van der Waals surface area contributed by atoms with Crippen LogP contribution in [0.3, 0.4) is 0 Å². The minimum atomic E-state index is -1.69. The van der Waals surface area contributed by atoms with Crippen molar-refractivity contribution in [3.63, 3.8) is 0 Å². The quantitative estimate of drug-likeness (QED) is 0.0391. The van der Waals surface area contributed by atoms with Crippen molar-refractivity contribution in [1.82, 2.24) is 58.1 Å². The van der Waals surface area contributed by atoms with E-state index in [1.54, 1.807) is 20.8 Å². The van der Waals surface area contributed by atoms with Crippen molar-refractivity contribution in [2.45, 2.75) is 272 Å². The molecule has 0 spiro atoms. The summed E-state index contributed by atoms with van der Waals surface area (Å²) in [4.78, 5) is 152. The first-order chi connectivity index (χ1) is 40.2. The molecule has 12 N–H and O–H groups in total. The van der Waals surface area contributed by atoms with Gasteiger partial charge in [0.2, 0.25) is 59.1 Å². The Hall–Kier alpha value is -5.75. The average molecular weight is 1220 g/mol. The zero-order chi connectivity index (χ0) is 65.5. The second kappa shape index (κ2) is 39.9. The molecule has 494 valence electrons. The van der Waals surface area contributed by atoms with Gasteiger partial charge < -0.3 is 68.3 Å². The number of aliphatic hydroxyl groups excluding tert-OH is 2. The van der Waals surface area contributed by atoms with E-state index in [9.17, 15) is 57.8 Å². The number of Topliss-reactive ketones (excluding diaryl/α,β-unsaturated/α-hetero) is 1. The fourth-order valence-corrected chi connectivity index (χ4v) is 10.2. The summed E-state index contributed by atoms with van der Waals surface area (Å²) in [6, 6.07) is -6.90. The molecule has 1 saturated heterocycles. The second-order valence-corrected chi connectivity index (χ2v) is 25.8. The van der Waals surface area contributed by atoms with Gasteiger partial charge in [0.25, 0.3) is 0 Å². The van der Waals surface area contributed by atoms with Crippen LogP contribution in [-0.2, 0) is 52.7 Å². The third-order valence-corrected chi connectivity index (χ3v) is 15.2. The summed E-state index contributed by atoms with van der Waals surface area (Å²) in [6.45, 7) is 27.1. The molecule has 0 radical (unpaired) electrons. The van der Waals surface area contributed by atoms with Gasteiger partial charge in [0, 0.05) is 57.9 Å². The highest BCUT2D eigenvalue weighted by molar-refractivity contribution is 5.99. The van der Waals surface area contributed by atoms with Crippen LogP contribution in [-0.4, -0.2) is 172 Å². The highest BCUT2D eigenvalue weighted by atomic mass is 16.3. The van der Waals surface area contributed by atoms with Gasteiger partial charge in [-0.2, -0.15) is 0 Å². The Morgan fingerprint density at radius 1 is 0.570 bits per heavy atom. The van der Waals surface area contributed by atoms with Crippen LogP contribution >= 0.6 is 0 Å². The van der Waals surface area contributed by atoms with Gasteiger partial charge in [-0.3, -0.25) is 52.7 Å². The van der Waals surface area contributed by atoms with E-state index < -0.39 is 101 Å². The van der Waals surface area contributed by atoms with Gasteiger partial charge in [-0.25, -0.2) is 0 Å². The molecule has 0 saturated carbocycles. The monoisotopic (exact) mass is 1220 g/mol. The minimum Gasteiger partial charge on any atom is -0.395 e. The highest BCUT2D eigenvalue weighted by Gasteiger charge is 2.40. The SMILES string of the molecule is CCCCCCC(C)C[C@H](NC(=O)C(C)(C)NC(=O)[C@H](C)NC(=O)[C@H](CC(C)CC(O)CC(=O)CC)NC(=O)[C@@H]1CCCN1C(=O)CCC)C(=O)N[C@@H](CC(C)C)C(=O)NC(C)(C)C(=O)N[C@@H](CC(C)C)C(=O)NCCC(=O)NC(C)CNCCO. The summed E-state index contributed by atoms with van der Waals surface area (Å²) in [5, 5.41) is 47.5. The Labute approximate surface area is 513 Å². The summed E-state index contributed by atoms with van der Waals surface area (Å²) in [5.41, 5.74) is -3.29. The Morgan fingerprint density at radius 2 is 1.12 bits per heavy atom. The Bertz CT molecular complexity index is 2190. The lowest BCUT2D eigenvalue weighted by Crippen LogP contribution is -2.64. The predicted octanol–water partition coefficient (Wildman–Crippen LogP) is 2.84. The van der Waals surface area contributed by atoms with Crippen LogP contribution in [0.15, 0.2) is 0 Å². The van der Waals surface area contributed by atoms with Gasteiger partial charge >= 0.3 is 0 Å². The number of nitrogens with one attached hydrogen (secondary N) is 10. The van der Waals surface area contributed by atoms with Crippen molar-refractivity contribution in [2.75, 3.05) is 32.8 Å². The van der Waals surface area contributed by atoms with Crippen LogP contribution in [0, 0.1) is 23.7 Å². The van der Waals surface area contributed by atoms with E-state index in [2.05, 4.69) is 60.1 Å². The molecule has 0 aromatic rings. The number of likely N-dealkylation sites (tertiary alicyclic amines) is 1. The first-order valence-electron chi connectivity index (χ1n) is 31.8. The molecular formula is C62H113N11O13.